The second-order valence-corrected chi connectivity index (χ2v) is 6.75. The summed E-state index contributed by atoms with van der Waals surface area (Å²) < 4.78 is 27.1. The lowest BCUT2D eigenvalue weighted by molar-refractivity contribution is 0.0972. The third-order valence-corrected chi connectivity index (χ3v) is 4.96. The molecular weight excluding hydrogens is 286 g/mol. The number of nitrogens with one attached hydrogen (secondary N) is 1. The topological polar surface area (TPSA) is 63.2 Å². The van der Waals surface area contributed by atoms with Gasteiger partial charge in [-0.15, -0.1) is 0 Å². The van der Waals surface area contributed by atoms with Gasteiger partial charge in [0, 0.05) is 17.7 Å². The molecule has 0 bridgehead atoms. The van der Waals surface area contributed by atoms with Crippen LogP contribution < -0.4 is 4.72 Å². The van der Waals surface area contributed by atoms with Crippen molar-refractivity contribution in [2.75, 3.05) is 4.72 Å². The number of carbonyl (C=O) groups is 1. The van der Waals surface area contributed by atoms with Crippen molar-refractivity contribution >= 4 is 21.5 Å². The van der Waals surface area contributed by atoms with Crippen LogP contribution in [0.2, 0.25) is 0 Å². The lowest BCUT2D eigenvalue weighted by atomic mass is 9.90. The fourth-order valence-corrected chi connectivity index (χ4v) is 3.59. The monoisotopic (exact) mass is 301 g/mol. The summed E-state index contributed by atoms with van der Waals surface area (Å²) in [6.45, 7) is 0. The van der Waals surface area contributed by atoms with Crippen molar-refractivity contribution in [3.63, 3.8) is 0 Å². The zero-order valence-corrected chi connectivity index (χ0v) is 12.2. The molecule has 0 aromatic heterocycles. The maximum Gasteiger partial charge on any atom is 0.261 e. The van der Waals surface area contributed by atoms with Gasteiger partial charge in [-0.3, -0.25) is 9.52 Å². The number of rotatable bonds is 3. The van der Waals surface area contributed by atoms with Gasteiger partial charge in [0.25, 0.3) is 10.0 Å². The third-order valence-electron chi connectivity index (χ3n) is 3.56. The van der Waals surface area contributed by atoms with Crippen molar-refractivity contribution in [1.82, 2.24) is 0 Å². The van der Waals surface area contributed by atoms with Gasteiger partial charge in [-0.1, -0.05) is 18.2 Å². The zero-order chi connectivity index (χ0) is 14.9. The number of Topliss-reactive ketones (excluding diaryl/α,β-unsaturated/α-hetero) is 1. The highest BCUT2D eigenvalue weighted by molar-refractivity contribution is 7.92. The first-order valence-electron chi connectivity index (χ1n) is 6.80. The molecule has 0 heterocycles. The van der Waals surface area contributed by atoms with Crippen LogP contribution in [-0.4, -0.2) is 14.2 Å². The minimum Gasteiger partial charge on any atom is -0.294 e. The van der Waals surface area contributed by atoms with Crippen LogP contribution in [0.25, 0.3) is 0 Å². The van der Waals surface area contributed by atoms with Gasteiger partial charge in [0.15, 0.2) is 5.78 Å². The van der Waals surface area contributed by atoms with Crippen molar-refractivity contribution in [3.05, 3.63) is 59.7 Å². The van der Waals surface area contributed by atoms with Gasteiger partial charge < -0.3 is 0 Å². The predicted octanol–water partition coefficient (Wildman–Crippen LogP) is 3.01. The van der Waals surface area contributed by atoms with E-state index in [1.54, 1.807) is 48.5 Å². The van der Waals surface area contributed by atoms with Gasteiger partial charge in [0.1, 0.15) is 0 Å². The molecule has 1 N–H and O–H groups in total. The van der Waals surface area contributed by atoms with E-state index in [-0.39, 0.29) is 10.7 Å². The number of sulfonamides is 1. The van der Waals surface area contributed by atoms with E-state index in [2.05, 4.69) is 4.72 Å². The molecule has 1 aliphatic rings. The van der Waals surface area contributed by atoms with Crippen LogP contribution in [0.3, 0.4) is 0 Å². The third kappa shape index (κ3) is 2.83. The molecule has 0 aliphatic heterocycles. The molecule has 0 fully saturated rings. The molecule has 5 heteroatoms. The normalized spacial score (nSPS) is 14.6. The molecule has 1 aliphatic carbocycles. The van der Waals surface area contributed by atoms with Crippen LogP contribution >= 0.6 is 0 Å². The van der Waals surface area contributed by atoms with E-state index in [4.69, 9.17) is 0 Å². The first kappa shape index (κ1) is 13.8. The average molecular weight is 301 g/mol. The van der Waals surface area contributed by atoms with Crippen molar-refractivity contribution in [2.45, 2.75) is 24.2 Å². The molecule has 0 saturated carbocycles. The Morgan fingerprint density at radius 3 is 2.48 bits per heavy atom. The van der Waals surface area contributed by atoms with Gasteiger partial charge in [-0.2, -0.15) is 0 Å². The van der Waals surface area contributed by atoms with E-state index >= 15 is 0 Å². The first-order valence-corrected chi connectivity index (χ1v) is 8.28. The number of fused-ring (bicyclic) bond motifs is 1. The largest absolute Gasteiger partial charge is 0.294 e. The lowest BCUT2D eigenvalue weighted by Crippen LogP contribution is -2.15. The summed E-state index contributed by atoms with van der Waals surface area (Å²) in [4.78, 5) is 12.0. The number of hydrogen-bond donors (Lipinski definition) is 1. The molecular formula is C16H15NO3S. The van der Waals surface area contributed by atoms with Crippen molar-refractivity contribution in [1.29, 1.82) is 0 Å². The molecule has 2 aromatic carbocycles. The molecule has 108 valence electrons. The Kier molecular flexibility index (Phi) is 3.51. The van der Waals surface area contributed by atoms with Gasteiger partial charge in [-0.05, 0) is 48.7 Å². The quantitative estimate of drug-likeness (QED) is 0.948. The smallest absolute Gasteiger partial charge is 0.261 e. The molecule has 3 rings (SSSR count). The van der Waals surface area contributed by atoms with Crippen molar-refractivity contribution in [2.24, 2.45) is 0 Å². The average Bonchev–Trinajstić information content (AvgIpc) is 2.48. The SMILES string of the molecule is O=C1CCCc2cc(NS(=O)(=O)c3ccccc3)ccc21. The Morgan fingerprint density at radius 1 is 0.952 bits per heavy atom. The standard InChI is InChI=1S/C16H15NO3S/c18-16-8-4-5-12-11-13(9-10-15(12)16)17-21(19,20)14-6-2-1-3-7-14/h1-3,6-7,9-11,17H,4-5,8H2. The van der Waals surface area contributed by atoms with Gasteiger partial charge in [-0.25, -0.2) is 8.42 Å². The van der Waals surface area contributed by atoms with E-state index in [1.807, 2.05) is 0 Å². The van der Waals surface area contributed by atoms with Crippen molar-refractivity contribution < 1.29 is 13.2 Å². The van der Waals surface area contributed by atoms with E-state index in [0.717, 1.165) is 18.4 Å². The maximum atomic E-state index is 12.3. The Hall–Kier alpha value is -2.14. The minimum absolute atomic E-state index is 0.133. The Morgan fingerprint density at radius 2 is 1.71 bits per heavy atom. The van der Waals surface area contributed by atoms with Crippen LogP contribution in [-0.2, 0) is 16.4 Å². The minimum atomic E-state index is -3.59. The maximum absolute atomic E-state index is 12.3. The highest BCUT2D eigenvalue weighted by atomic mass is 32.2. The summed E-state index contributed by atoms with van der Waals surface area (Å²) in [6.07, 6.45) is 2.20. The molecule has 0 atom stereocenters. The fourth-order valence-electron chi connectivity index (χ4n) is 2.52. The highest BCUT2D eigenvalue weighted by Crippen LogP contribution is 2.25. The van der Waals surface area contributed by atoms with Gasteiger partial charge in [0.2, 0.25) is 0 Å². The fraction of sp³-hybridized carbons (Fsp3) is 0.188. The molecule has 2 aromatic rings. The Bertz CT molecular complexity index is 782. The molecule has 0 spiro atoms. The second-order valence-electron chi connectivity index (χ2n) is 5.07. The van der Waals surface area contributed by atoms with Crippen LogP contribution in [0.15, 0.2) is 53.4 Å². The number of hydrogen-bond acceptors (Lipinski definition) is 3. The van der Waals surface area contributed by atoms with Gasteiger partial charge >= 0.3 is 0 Å². The summed E-state index contributed by atoms with van der Waals surface area (Å²) in [5.74, 6) is 0.133. The molecule has 0 radical (unpaired) electrons. The Labute approximate surface area is 123 Å². The van der Waals surface area contributed by atoms with Crippen LogP contribution in [0.1, 0.15) is 28.8 Å². The molecule has 0 saturated heterocycles. The summed E-state index contributed by atoms with van der Waals surface area (Å²) in [6, 6.07) is 13.3. The van der Waals surface area contributed by atoms with E-state index in [1.165, 1.54) is 0 Å². The van der Waals surface area contributed by atoms with E-state index in [0.29, 0.717) is 17.7 Å². The lowest BCUT2D eigenvalue weighted by Gasteiger charge is -2.16. The number of carbonyl (C=O) groups excluding carboxylic acids is 1. The zero-order valence-electron chi connectivity index (χ0n) is 11.4. The van der Waals surface area contributed by atoms with E-state index in [9.17, 15) is 13.2 Å². The van der Waals surface area contributed by atoms with Gasteiger partial charge in [0.05, 0.1) is 4.90 Å². The van der Waals surface area contributed by atoms with E-state index < -0.39 is 10.0 Å². The first-order chi connectivity index (χ1) is 10.1. The number of aryl methyl sites for hydroxylation is 1. The highest BCUT2D eigenvalue weighted by Gasteiger charge is 2.19. The van der Waals surface area contributed by atoms with Crippen LogP contribution in [0, 0.1) is 0 Å². The summed E-state index contributed by atoms with van der Waals surface area (Å²) in [5, 5.41) is 0. The molecule has 0 amide bonds. The summed E-state index contributed by atoms with van der Waals surface area (Å²) in [7, 11) is -3.59. The number of anilines is 1. The van der Waals surface area contributed by atoms with Crippen LogP contribution in [0.4, 0.5) is 5.69 Å². The second kappa shape index (κ2) is 5.33. The number of ketones is 1. The number of benzene rings is 2. The predicted molar refractivity (Wildman–Crippen MR) is 81.0 cm³/mol. The van der Waals surface area contributed by atoms with Crippen LogP contribution in [0.5, 0.6) is 0 Å². The molecule has 4 nitrogen and oxygen atoms in total. The Balaban J connectivity index is 1.91. The van der Waals surface area contributed by atoms with Crippen molar-refractivity contribution in [3.8, 4) is 0 Å². The molecule has 21 heavy (non-hydrogen) atoms. The summed E-state index contributed by atoms with van der Waals surface area (Å²) >= 11 is 0. The summed E-state index contributed by atoms with van der Waals surface area (Å²) in [5.41, 5.74) is 2.12. The molecule has 0 unspecified atom stereocenters.